The Morgan fingerprint density at radius 3 is 2.00 bits per heavy atom. The van der Waals surface area contributed by atoms with Crippen LogP contribution in [-0.2, 0) is 5.41 Å². The Morgan fingerprint density at radius 1 is 0.593 bits per heavy atom. The smallest absolute Gasteiger partial charge is 0.0713 e. The third kappa shape index (κ3) is 2.42. The summed E-state index contributed by atoms with van der Waals surface area (Å²) in [5.41, 5.74) is 7.32. The molecule has 0 saturated heterocycles. The molecular formula is C25H16BrCl. The van der Waals surface area contributed by atoms with Gasteiger partial charge in [0.1, 0.15) is 0 Å². The monoisotopic (exact) mass is 430 g/mol. The second-order valence-electron chi connectivity index (χ2n) is 6.86. The lowest BCUT2D eigenvalue weighted by Gasteiger charge is -2.33. The van der Waals surface area contributed by atoms with Gasteiger partial charge in [-0.3, -0.25) is 0 Å². The van der Waals surface area contributed by atoms with Gasteiger partial charge < -0.3 is 0 Å². The lowest BCUT2D eigenvalue weighted by atomic mass is 9.68. The summed E-state index contributed by atoms with van der Waals surface area (Å²) in [6, 6.07) is 34.4. The molecule has 1 aliphatic rings. The number of rotatable bonds is 2. The van der Waals surface area contributed by atoms with Crippen molar-refractivity contribution in [3.8, 4) is 11.1 Å². The lowest BCUT2D eigenvalue weighted by Crippen LogP contribution is -2.28. The zero-order chi connectivity index (χ0) is 18.4. The third-order valence-corrected chi connectivity index (χ3v) is 6.24. The lowest BCUT2D eigenvalue weighted by molar-refractivity contribution is 0.768. The topological polar surface area (TPSA) is 0 Å². The zero-order valence-corrected chi connectivity index (χ0v) is 16.8. The summed E-state index contributed by atoms with van der Waals surface area (Å²) in [4.78, 5) is 0. The summed E-state index contributed by atoms with van der Waals surface area (Å²) in [7, 11) is 0. The Balaban J connectivity index is 1.96. The van der Waals surface area contributed by atoms with E-state index < -0.39 is 0 Å². The van der Waals surface area contributed by atoms with E-state index in [-0.39, 0.29) is 5.41 Å². The van der Waals surface area contributed by atoms with Crippen molar-refractivity contribution in [2.24, 2.45) is 0 Å². The van der Waals surface area contributed by atoms with E-state index in [1.54, 1.807) is 0 Å². The highest BCUT2D eigenvalue weighted by Crippen LogP contribution is 2.56. The minimum atomic E-state index is -0.349. The van der Waals surface area contributed by atoms with Crippen molar-refractivity contribution >= 4 is 27.5 Å². The highest BCUT2D eigenvalue weighted by atomic mass is 79.9. The van der Waals surface area contributed by atoms with E-state index in [1.165, 1.54) is 33.4 Å². The van der Waals surface area contributed by atoms with Crippen molar-refractivity contribution < 1.29 is 0 Å². The minimum Gasteiger partial charge on any atom is -0.0843 e. The SMILES string of the molecule is Clc1ccc(C2(c3ccccc3)c3ccccc3-c3cc(Br)ccc32)cc1. The third-order valence-electron chi connectivity index (χ3n) is 5.49. The van der Waals surface area contributed by atoms with Crippen LogP contribution >= 0.6 is 27.5 Å². The fourth-order valence-corrected chi connectivity index (χ4v) is 4.92. The number of hydrogen-bond donors (Lipinski definition) is 0. The van der Waals surface area contributed by atoms with E-state index in [0.29, 0.717) is 0 Å². The molecule has 0 amide bonds. The molecule has 1 unspecified atom stereocenters. The molecular weight excluding hydrogens is 416 g/mol. The Labute approximate surface area is 172 Å². The van der Waals surface area contributed by atoms with Gasteiger partial charge in [0.15, 0.2) is 0 Å². The van der Waals surface area contributed by atoms with Crippen LogP contribution in [0.1, 0.15) is 22.3 Å². The summed E-state index contributed by atoms with van der Waals surface area (Å²) in [6.45, 7) is 0. The standard InChI is InChI=1S/C25H16BrCl/c26-19-12-15-24-22(16-19)21-8-4-5-9-23(21)25(24,17-6-2-1-3-7-17)18-10-13-20(27)14-11-18/h1-16H. The Kier molecular flexibility index (Phi) is 3.96. The maximum Gasteiger partial charge on any atom is 0.0713 e. The van der Waals surface area contributed by atoms with Crippen LogP contribution in [0.5, 0.6) is 0 Å². The van der Waals surface area contributed by atoms with Crippen molar-refractivity contribution in [1.82, 2.24) is 0 Å². The first kappa shape index (κ1) is 16.8. The average molecular weight is 432 g/mol. The fraction of sp³-hybridized carbons (Fsp3) is 0.0400. The van der Waals surface area contributed by atoms with Crippen LogP contribution in [0.3, 0.4) is 0 Å². The van der Waals surface area contributed by atoms with Crippen LogP contribution in [0.15, 0.2) is 102 Å². The van der Waals surface area contributed by atoms with Gasteiger partial charge in [-0.1, -0.05) is 100 Å². The van der Waals surface area contributed by atoms with Gasteiger partial charge >= 0.3 is 0 Å². The molecule has 0 aliphatic heterocycles. The van der Waals surface area contributed by atoms with Gasteiger partial charge in [0.2, 0.25) is 0 Å². The largest absolute Gasteiger partial charge is 0.0843 e. The van der Waals surface area contributed by atoms with Gasteiger partial charge in [-0.25, -0.2) is 0 Å². The van der Waals surface area contributed by atoms with Crippen molar-refractivity contribution in [3.05, 3.63) is 129 Å². The van der Waals surface area contributed by atoms with Crippen LogP contribution in [0.2, 0.25) is 5.02 Å². The summed E-state index contributed by atoms with van der Waals surface area (Å²) >= 11 is 9.88. The summed E-state index contributed by atoms with van der Waals surface area (Å²) in [6.07, 6.45) is 0. The van der Waals surface area contributed by atoms with Gasteiger partial charge in [-0.2, -0.15) is 0 Å². The Morgan fingerprint density at radius 2 is 1.22 bits per heavy atom. The maximum atomic E-state index is 6.22. The predicted octanol–water partition coefficient (Wildman–Crippen LogP) is 7.47. The maximum absolute atomic E-state index is 6.22. The molecule has 0 N–H and O–H groups in total. The number of halogens is 2. The second kappa shape index (κ2) is 6.37. The number of fused-ring (bicyclic) bond motifs is 3. The normalized spacial score (nSPS) is 17.4. The van der Waals surface area contributed by atoms with Gasteiger partial charge in [-0.15, -0.1) is 0 Å². The average Bonchev–Trinajstić information content (AvgIpc) is 3.00. The molecule has 0 heterocycles. The highest BCUT2D eigenvalue weighted by molar-refractivity contribution is 9.10. The van der Waals surface area contributed by atoms with Crippen molar-refractivity contribution in [2.75, 3.05) is 0 Å². The first-order valence-electron chi connectivity index (χ1n) is 8.93. The second-order valence-corrected chi connectivity index (χ2v) is 8.21. The minimum absolute atomic E-state index is 0.349. The van der Waals surface area contributed by atoms with Crippen molar-refractivity contribution in [1.29, 1.82) is 0 Å². The summed E-state index contributed by atoms with van der Waals surface area (Å²) in [5.74, 6) is 0. The zero-order valence-electron chi connectivity index (χ0n) is 14.5. The molecule has 0 fully saturated rings. The molecule has 0 aromatic heterocycles. The highest BCUT2D eigenvalue weighted by Gasteiger charge is 2.45. The number of hydrogen-bond acceptors (Lipinski definition) is 0. The van der Waals surface area contributed by atoms with Gasteiger partial charge in [0.05, 0.1) is 5.41 Å². The molecule has 1 aliphatic carbocycles. The van der Waals surface area contributed by atoms with E-state index in [1.807, 2.05) is 12.1 Å². The molecule has 4 aromatic carbocycles. The van der Waals surface area contributed by atoms with Crippen LogP contribution in [0.25, 0.3) is 11.1 Å². The van der Waals surface area contributed by atoms with Crippen molar-refractivity contribution in [3.63, 3.8) is 0 Å². The summed E-state index contributed by atoms with van der Waals surface area (Å²) < 4.78 is 1.09. The first-order chi connectivity index (χ1) is 13.2. The van der Waals surface area contributed by atoms with Gasteiger partial charge in [-0.05, 0) is 57.6 Å². The predicted molar refractivity (Wildman–Crippen MR) is 116 cm³/mol. The van der Waals surface area contributed by atoms with E-state index in [4.69, 9.17) is 11.6 Å². The molecule has 0 nitrogen and oxygen atoms in total. The molecule has 27 heavy (non-hydrogen) atoms. The van der Waals surface area contributed by atoms with E-state index >= 15 is 0 Å². The molecule has 4 aromatic rings. The fourth-order valence-electron chi connectivity index (χ4n) is 4.43. The first-order valence-corrected chi connectivity index (χ1v) is 10.1. The van der Waals surface area contributed by atoms with Crippen LogP contribution < -0.4 is 0 Å². The molecule has 0 saturated carbocycles. The summed E-state index contributed by atoms with van der Waals surface area (Å²) in [5, 5.41) is 0.754. The molecule has 1 atom stereocenters. The van der Waals surface area contributed by atoms with Gasteiger partial charge in [0, 0.05) is 9.50 Å². The quantitative estimate of drug-likeness (QED) is 0.272. The van der Waals surface area contributed by atoms with Crippen LogP contribution in [-0.4, -0.2) is 0 Å². The molecule has 0 radical (unpaired) electrons. The number of benzene rings is 4. The molecule has 130 valence electrons. The van der Waals surface area contributed by atoms with Crippen LogP contribution in [0, 0.1) is 0 Å². The Bertz CT molecular complexity index is 1130. The van der Waals surface area contributed by atoms with Gasteiger partial charge in [0.25, 0.3) is 0 Å². The van der Waals surface area contributed by atoms with E-state index in [9.17, 15) is 0 Å². The molecule has 2 heteroatoms. The Hall–Kier alpha value is -2.35. The molecule has 0 spiro atoms. The van der Waals surface area contributed by atoms with Crippen LogP contribution in [0.4, 0.5) is 0 Å². The van der Waals surface area contributed by atoms with E-state index in [2.05, 4.69) is 101 Å². The molecule has 0 bridgehead atoms. The van der Waals surface area contributed by atoms with E-state index in [0.717, 1.165) is 9.50 Å². The van der Waals surface area contributed by atoms with Crippen molar-refractivity contribution in [2.45, 2.75) is 5.41 Å². The molecule has 5 rings (SSSR count).